The number of hydrogen-bond acceptors (Lipinski definition) is 4. The van der Waals surface area contributed by atoms with Crippen LogP contribution in [0.1, 0.15) is 5.56 Å². The largest absolute Gasteiger partial charge is 0.497 e. The van der Waals surface area contributed by atoms with E-state index in [4.69, 9.17) is 22.7 Å². The zero-order chi connectivity index (χ0) is 15.2. The van der Waals surface area contributed by atoms with Crippen molar-refractivity contribution in [3.63, 3.8) is 0 Å². The molecule has 0 aliphatic carbocycles. The lowest BCUT2D eigenvalue weighted by molar-refractivity contribution is -0.132. The zero-order valence-electron chi connectivity index (χ0n) is 12.2. The molecule has 1 fully saturated rings. The molecule has 6 heteroatoms. The van der Waals surface area contributed by atoms with Crippen LogP contribution in [0.25, 0.3) is 0 Å². The highest BCUT2D eigenvalue weighted by atomic mass is 32.1. The van der Waals surface area contributed by atoms with E-state index in [1.807, 2.05) is 29.2 Å². The van der Waals surface area contributed by atoms with Gasteiger partial charge in [0.2, 0.25) is 5.91 Å². The van der Waals surface area contributed by atoms with Gasteiger partial charge < -0.3 is 15.4 Å². The van der Waals surface area contributed by atoms with Crippen LogP contribution in [0.15, 0.2) is 24.3 Å². The quantitative estimate of drug-likeness (QED) is 0.810. The molecule has 0 unspecified atom stereocenters. The Labute approximate surface area is 130 Å². The van der Waals surface area contributed by atoms with Crippen LogP contribution in [0.5, 0.6) is 5.75 Å². The SMILES string of the molecule is COc1ccc(CC(=O)N2CCN(CC(N)=S)CC2)cc1. The van der Waals surface area contributed by atoms with Crippen LogP contribution in [-0.2, 0) is 11.2 Å². The first-order valence-corrected chi connectivity index (χ1v) is 7.40. The monoisotopic (exact) mass is 307 g/mol. The Hall–Kier alpha value is -1.66. The maximum atomic E-state index is 12.3. The minimum Gasteiger partial charge on any atom is -0.497 e. The highest BCUT2D eigenvalue weighted by Gasteiger charge is 2.21. The molecule has 1 aromatic carbocycles. The van der Waals surface area contributed by atoms with Gasteiger partial charge in [0.1, 0.15) is 5.75 Å². The maximum Gasteiger partial charge on any atom is 0.227 e. The first kappa shape index (κ1) is 15.7. The summed E-state index contributed by atoms with van der Waals surface area (Å²) in [5, 5.41) is 0. The molecule has 5 nitrogen and oxygen atoms in total. The van der Waals surface area contributed by atoms with Crippen molar-refractivity contribution in [2.45, 2.75) is 6.42 Å². The highest BCUT2D eigenvalue weighted by Crippen LogP contribution is 2.13. The number of hydrogen-bond donors (Lipinski definition) is 1. The van der Waals surface area contributed by atoms with Gasteiger partial charge in [-0.05, 0) is 17.7 Å². The average Bonchev–Trinajstić information content (AvgIpc) is 2.48. The third-order valence-electron chi connectivity index (χ3n) is 3.62. The van der Waals surface area contributed by atoms with E-state index in [1.165, 1.54) is 0 Å². The summed E-state index contributed by atoms with van der Waals surface area (Å²) >= 11 is 4.91. The van der Waals surface area contributed by atoms with Gasteiger partial charge in [0.15, 0.2) is 0 Å². The van der Waals surface area contributed by atoms with Gasteiger partial charge in [0, 0.05) is 32.7 Å². The van der Waals surface area contributed by atoms with Crippen molar-refractivity contribution in [3.05, 3.63) is 29.8 Å². The van der Waals surface area contributed by atoms with Crippen molar-refractivity contribution < 1.29 is 9.53 Å². The first-order chi connectivity index (χ1) is 10.1. The molecule has 0 radical (unpaired) electrons. The average molecular weight is 307 g/mol. The first-order valence-electron chi connectivity index (χ1n) is 7.00. The van der Waals surface area contributed by atoms with E-state index in [2.05, 4.69) is 4.90 Å². The predicted octanol–water partition coefficient (Wildman–Crippen LogP) is 0.668. The van der Waals surface area contributed by atoms with E-state index in [0.717, 1.165) is 37.5 Å². The molecule has 2 N–H and O–H groups in total. The molecular weight excluding hydrogens is 286 g/mol. The van der Waals surface area contributed by atoms with Gasteiger partial charge in [-0.2, -0.15) is 0 Å². The predicted molar refractivity (Wildman–Crippen MR) is 86.5 cm³/mol. The van der Waals surface area contributed by atoms with Crippen LogP contribution in [0.3, 0.4) is 0 Å². The number of thiocarbonyl (C=S) groups is 1. The van der Waals surface area contributed by atoms with E-state index in [9.17, 15) is 4.79 Å². The summed E-state index contributed by atoms with van der Waals surface area (Å²) in [5.41, 5.74) is 6.55. The number of methoxy groups -OCH3 is 1. The van der Waals surface area contributed by atoms with Gasteiger partial charge in [0.25, 0.3) is 0 Å². The lowest BCUT2D eigenvalue weighted by Crippen LogP contribution is -2.50. The van der Waals surface area contributed by atoms with Crippen molar-refractivity contribution in [1.29, 1.82) is 0 Å². The summed E-state index contributed by atoms with van der Waals surface area (Å²) in [6.45, 7) is 3.75. The van der Waals surface area contributed by atoms with Gasteiger partial charge in [-0.15, -0.1) is 0 Å². The van der Waals surface area contributed by atoms with Crippen molar-refractivity contribution in [2.75, 3.05) is 39.8 Å². The van der Waals surface area contributed by atoms with Crippen LogP contribution in [0.4, 0.5) is 0 Å². The van der Waals surface area contributed by atoms with Crippen LogP contribution in [0.2, 0.25) is 0 Å². The van der Waals surface area contributed by atoms with E-state index in [0.29, 0.717) is 18.0 Å². The molecule has 0 aromatic heterocycles. The second-order valence-electron chi connectivity index (χ2n) is 5.15. The number of rotatable bonds is 5. The van der Waals surface area contributed by atoms with Gasteiger partial charge in [-0.3, -0.25) is 9.69 Å². The van der Waals surface area contributed by atoms with Gasteiger partial charge in [-0.1, -0.05) is 24.4 Å². The summed E-state index contributed by atoms with van der Waals surface area (Å²) < 4.78 is 5.11. The lowest BCUT2D eigenvalue weighted by Gasteiger charge is -2.34. The Morgan fingerprint density at radius 3 is 2.38 bits per heavy atom. The van der Waals surface area contributed by atoms with Crippen LogP contribution >= 0.6 is 12.2 Å². The second-order valence-corrected chi connectivity index (χ2v) is 5.67. The molecule has 114 valence electrons. The van der Waals surface area contributed by atoms with E-state index < -0.39 is 0 Å². The minimum atomic E-state index is 0.162. The Bertz CT molecular complexity index is 496. The fourth-order valence-electron chi connectivity index (χ4n) is 2.41. The highest BCUT2D eigenvalue weighted by molar-refractivity contribution is 7.80. The summed E-state index contributed by atoms with van der Waals surface area (Å²) in [7, 11) is 1.63. The summed E-state index contributed by atoms with van der Waals surface area (Å²) in [6.07, 6.45) is 0.430. The summed E-state index contributed by atoms with van der Waals surface area (Å²) in [5.74, 6) is 0.965. The molecule has 2 rings (SSSR count). The van der Waals surface area contributed by atoms with Gasteiger partial charge >= 0.3 is 0 Å². The Morgan fingerprint density at radius 1 is 1.24 bits per heavy atom. The topological polar surface area (TPSA) is 58.8 Å². The van der Waals surface area contributed by atoms with Crippen LogP contribution < -0.4 is 10.5 Å². The molecular formula is C15H21N3O2S. The fourth-order valence-corrected chi connectivity index (χ4v) is 2.59. The molecule has 0 atom stereocenters. The van der Waals surface area contributed by atoms with Gasteiger partial charge in [-0.25, -0.2) is 0 Å². The smallest absolute Gasteiger partial charge is 0.227 e. The molecule has 1 aliphatic heterocycles. The standard InChI is InChI=1S/C15H21N3O2S/c1-20-13-4-2-12(3-5-13)10-15(19)18-8-6-17(7-9-18)11-14(16)21/h2-5H,6-11H2,1H3,(H2,16,21). The Balaban J connectivity index is 1.82. The number of amides is 1. The number of ether oxygens (including phenoxy) is 1. The van der Waals surface area contributed by atoms with Crippen LogP contribution in [-0.4, -0.2) is 60.5 Å². The van der Waals surface area contributed by atoms with Crippen LogP contribution in [0, 0.1) is 0 Å². The molecule has 1 aromatic rings. The van der Waals surface area contributed by atoms with E-state index in [-0.39, 0.29) is 5.91 Å². The third kappa shape index (κ3) is 4.68. The van der Waals surface area contributed by atoms with Crippen molar-refractivity contribution in [1.82, 2.24) is 9.80 Å². The number of carbonyl (C=O) groups excluding carboxylic acids is 1. The molecule has 21 heavy (non-hydrogen) atoms. The summed E-state index contributed by atoms with van der Waals surface area (Å²) in [4.78, 5) is 16.9. The number of nitrogens with two attached hydrogens (primary N) is 1. The van der Waals surface area contributed by atoms with Crippen molar-refractivity contribution in [2.24, 2.45) is 5.73 Å². The Morgan fingerprint density at radius 2 is 1.86 bits per heavy atom. The number of benzene rings is 1. The molecule has 0 saturated carbocycles. The van der Waals surface area contributed by atoms with Gasteiger partial charge in [0.05, 0.1) is 18.5 Å². The molecule has 1 amide bonds. The Kier molecular flexibility index (Phi) is 5.52. The number of piperazine rings is 1. The van der Waals surface area contributed by atoms with E-state index in [1.54, 1.807) is 7.11 Å². The molecule has 0 bridgehead atoms. The van der Waals surface area contributed by atoms with E-state index >= 15 is 0 Å². The van der Waals surface area contributed by atoms with Crippen molar-refractivity contribution >= 4 is 23.1 Å². The maximum absolute atomic E-state index is 12.3. The minimum absolute atomic E-state index is 0.162. The van der Waals surface area contributed by atoms with Crippen molar-refractivity contribution in [3.8, 4) is 5.75 Å². The zero-order valence-corrected chi connectivity index (χ0v) is 13.1. The third-order valence-corrected chi connectivity index (χ3v) is 3.75. The lowest BCUT2D eigenvalue weighted by atomic mass is 10.1. The fraction of sp³-hybridized carbons (Fsp3) is 0.467. The summed E-state index contributed by atoms with van der Waals surface area (Å²) in [6, 6.07) is 7.62. The second kappa shape index (κ2) is 7.38. The normalized spacial score (nSPS) is 15.8. The molecule has 1 saturated heterocycles. The molecule has 1 heterocycles. The molecule has 1 aliphatic rings. The molecule has 0 spiro atoms. The number of nitrogens with zero attached hydrogens (tertiary/aromatic N) is 2. The number of carbonyl (C=O) groups is 1.